The highest BCUT2D eigenvalue weighted by molar-refractivity contribution is 9.11. The molecule has 1 nitrogen and oxygen atoms in total. The smallest absolute Gasteiger partial charge is 0.0305 e. The van der Waals surface area contributed by atoms with Crippen LogP contribution in [0.1, 0.15) is 31.9 Å². The average molecular weight is 381 g/mol. The molecule has 0 heterocycles. The van der Waals surface area contributed by atoms with E-state index in [0.29, 0.717) is 12.1 Å². The number of benzene rings is 1. The third-order valence-corrected chi connectivity index (χ3v) is 4.54. The molecule has 2 atom stereocenters. The molecule has 96 valence electrons. The van der Waals surface area contributed by atoms with E-state index in [1.807, 2.05) is 11.8 Å². The Morgan fingerprint density at radius 3 is 2.59 bits per heavy atom. The highest BCUT2D eigenvalue weighted by Gasteiger charge is 2.12. The van der Waals surface area contributed by atoms with Crippen molar-refractivity contribution in [2.45, 2.75) is 32.4 Å². The summed E-state index contributed by atoms with van der Waals surface area (Å²) < 4.78 is 2.26. The first-order valence-corrected chi connectivity index (χ1v) is 8.72. The van der Waals surface area contributed by atoms with Gasteiger partial charge in [0.15, 0.2) is 0 Å². The van der Waals surface area contributed by atoms with Gasteiger partial charge in [0.25, 0.3) is 0 Å². The van der Waals surface area contributed by atoms with Crippen LogP contribution in [-0.2, 0) is 0 Å². The van der Waals surface area contributed by atoms with Crippen LogP contribution < -0.4 is 5.32 Å². The van der Waals surface area contributed by atoms with E-state index in [4.69, 9.17) is 0 Å². The molecule has 4 heteroatoms. The van der Waals surface area contributed by atoms with Crippen LogP contribution in [0.15, 0.2) is 27.1 Å². The Morgan fingerprint density at radius 1 is 1.29 bits per heavy atom. The van der Waals surface area contributed by atoms with Gasteiger partial charge in [0, 0.05) is 21.0 Å². The van der Waals surface area contributed by atoms with Crippen LogP contribution in [0, 0.1) is 0 Å². The van der Waals surface area contributed by atoms with Crippen molar-refractivity contribution >= 4 is 43.6 Å². The van der Waals surface area contributed by atoms with Crippen LogP contribution in [0.3, 0.4) is 0 Å². The standard InChI is InChI=1S/C13H19Br2NS/c1-9(6-7-17-3)16-10(2)12-5-4-11(14)8-13(12)15/h4-5,8-10,16H,6-7H2,1-3H3. The first-order chi connectivity index (χ1) is 8.04. The van der Waals surface area contributed by atoms with Gasteiger partial charge in [-0.2, -0.15) is 11.8 Å². The van der Waals surface area contributed by atoms with E-state index >= 15 is 0 Å². The summed E-state index contributed by atoms with van der Waals surface area (Å²) in [5, 5.41) is 3.63. The van der Waals surface area contributed by atoms with Crippen molar-refractivity contribution in [1.29, 1.82) is 0 Å². The van der Waals surface area contributed by atoms with Gasteiger partial charge in [-0.1, -0.05) is 37.9 Å². The van der Waals surface area contributed by atoms with Crippen molar-refractivity contribution in [2.75, 3.05) is 12.0 Å². The van der Waals surface area contributed by atoms with Gasteiger partial charge in [0.2, 0.25) is 0 Å². The fourth-order valence-electron chi connectivity index (χ4n) is 1.75. The van der Waals surface area contributed by atoms with Gasteiger partial charge in [0.1, 0.15) is 0 Å². The summed E-state index contributed by atoms with van der Waals surface area (Å²) in [6, 6.07) is 7.26. The van der Waals surface area contributed by atoms with E-state index < -0.39 is 0 Å². The summed E-state index contributed by atoms with van der Waals surface area (Å²) >= 11 is 9.00. The lowest BCUT2D eigenvalue weighted by Crippen LogP contribution is -2.29. The molecule has 1 rings (SSSR count). The molecule has 0 saturated carbocycles. The highest BCUT2D eigenvalue weighted by atomic mass is 79.9. The fraction of sp³-hybridized carbons (Fsp3) is 0.538. The van der Waals surface area contributed by atoms with Gasteiger partial charge in [-0.15, -0.1) is 0 Å². The van der Waals surface area contributed by atoms with Crippen molar-refractivity contribution in [3.05, 3.63) is 32.7 Å². The molecule has 17 heavy (non-hydrogen) atoms. The highest BCUT2D eigenvalue weighted by Crippen LogP contribution is 2.27. The van der Waals surface area contributed by atoms with Crippen LogP contribution in [0.4, 0.5) is 0 Å². The van der Waals surface area contributed by atoms with Gasteiger partial charge < -0.3 is 5.32 Å². The molecule has 0 aliphatic rings. The van der Waals surface area contributed by atoms with E-state index in [0.717, 1.165) is 8.95 Å². The van der Waals surface area contributed by atoms with Gasteiger partial charge >= 0.3 is 0 Å². The van der Waals surface area contributed by atoms with E-state index in [-0.39, 0.29) is 0 Å². The van der Waals surface area contributed by atoms with Crippen LogP contribution in [0.2, 0.25) is 0 Å². The monoisotopic (exact) mass is 379 g/mol. The first kappa shape index (κ1) is 15.5. The van der Waals surface area contributed by atoms with Crippen molar-refractivity contribution in [3.8, 4) is 0 Å². The molecular weight excluding hydrogens is 362 g/mol. The predicted molar refractivity (Wildman–Crippen MR) is 85.9 cm³/mol. The molecule has 0 amide bonds. The average Bonchev–Trinajstić information content (AvgIpc) is 2.26. The lowest BCUT2D eigenvalue weighted by Gasteiger charge is -2.21. The molecule has 0 aliphatic heterocycles. The summed E-state index contributed by atoms with van der Waals surface area (Å²) in [6.45, 7) is 4.46. The summed E-state index contributed by atoms with van der Waals surface area (Å²) in [7, 11) is 0. The molecule has 0 spiro atoms. The summed E-state index contributed by atoms with van der Waals surface area (Å²) in [6.07, 6.45) is 3.36. The lowest BCUT2D eigenvalue weighted by atomic mass is 10.1. The van der Waals surface area contributed by atoms with Crippen molar-refractivity contribution in [1.82, 2.24) is 5.32 Å². The summed E-state index contributed by atoms with van der Waals surface area (Å²) in [4.78, 5) is 0. The van der Waals surface area contributed by atoms with Gasteiger partial charge in [-0.25, -0.2) is 0 Å². The molecule has 1 aromatic carbocycles. The van der Waals surface area contributed by atoms with E-state index in [9.17, 15) is 0 Å². The Labute approximate surface area is 125 Å². The molecule has 0 radical (unpaired) electrons. The van der Waals surface area contributed by atoms with Crippen LogP contribution in [0.25, 0.3) is 0 Å². The van der Waals surface area contributed by atoms with Crippen LogP contribution in [0.5, 0.6) is 0 Å². The maximum atomic E-state index is 3.63. The predicted octanol–water partition coefficient (Wildman–Crippen LogP) is 5.00. The third kappa shape index (κ3) is 5.33. The number of halogens is 2. The minimum absolute atomic E-state index is 0.370. The quantitative estimate of drug-likeness (QED) is 0.744. The number of rotatable bonds is 6. The zero-order valence-electron chi connectivity index (χ0n) is 10.5. The number of thioether (sulfide) groups is 1. The second-order valence-electron chi connectivity index (χ2n) is 4.24. The number of hydrogen-bond acceptors (Lipinski definition) is 2. The van der Waals surface area contributed by atoms with Crippen molar-refractivity contribution < 1.29 is 0 Å². The zero-order valence-corrected chi connectivity index (χ0v) is 14.5. The molecule has 0 aliphatic carbocycles. The Balaban J connectivity index is 2.60. The van der Waals surface area contributed by atoms with Crippen molar-refractivity contribution in [2.24, 2.45) is 0 Å². The second kappa shape index (κ2) is 7.82. The lowest BCUT2D eigenvalue weighted by molar-refractivity contribution is 0.470. The summed E-state index contributed by atoms with van der Waals surface area (Å²) in [5.74, 6) is 1.21. The molecule has 0 fully saturated rings. The third-order valence-electron chi connectivity index (χ3n) is 2.72. The second-order valence-corrected chi connectivity index (χ2v) is 6.99. The molecule has 0 saturated heterocycles. The Morgan fingerprint density at radius 2 is 2.00 bits per heavy atom. The Hall–Kier alpha value is 0.490. The minimum atomic E-state index is 0.370. The Bertz CT molecular complexity index is 357. The molecule has 2 unspecified atom stereocenters. The molecule has 1 N–H and O–H groups in total. The molecule has 0 bridgehead atoms. The summed E-state index contributed by atoms with van der Waals surface area (Å²) in [5.41, 5.74) is 1.31. The number of nitrogens with one attached hydrogen (secondary N) is 1. The van der Waals surface area contributed by atoms with Crippen molar-refractivity contribution in [3.63, 3.8) is 0 Å². The maximum Gasteiger partial charge on any atom is 0.0305 e. The van der Waals surface area contributed by atoms with Gasteiger partial charge in [-0.05, 0) is 50.0 Å². The Kier molecular flexibility index (Phi) is 7.15. The molecule has 0 aromatic heterocycles. The van der Waals surface area contributed by atoms with Crippen LogP contribution >= 0.6 is 43.6 Å². The van der Waals surface area contributed by atoms with Crippen LogP contribution in [-0.4, -0.2) is 18.1 Å². The van der Waals surface area contributed by atoms with Gasteiger partial charge in [0.05, 0.1) is 0 Å². The van der Waals surface area contributed by atoms with E-state index in [1.165, 1.54) is 17.7 Å². The SMILES string of the molecule is CSCCC(C)NC(C)c1ccc(Br)cc1Br. The molecule has 1 aromatic rings. The normalized spacial score (nSPS) is 14.6. The zero-order chi connectivity index (χ0) is 12.8. The topological polar surface area (TPSA) is 12.0 Å². The van der Waals surface area contributed by atoms with Gasteiger partial charge in [-0.3, -0.25) is 0 Å². The largest absolute Gasteiger partial charge is 0.308 e. The molecular formula is C13H19Br2NS. The number of hydrogen-bond donors (Lipinski definition) is 1. The fourth-order valence-corrected chi connectivity index (χ4v) is 3.73. The maximum absolute atomic E-state index is 3.63. The minimum Gasteiger partial charge on any atom is -0.308 e. The first-order valence-electron chi connectivity index (χ1n) is 5.74. The van der Waals surface area contributed by atoms with E-state index in [2.05, 4.69) is 75.5 Å². The van der Waals surface area contributed by atoms with E-state index in [1.54, 1.807) is 0 Å².